The van der Waals surface area contributed by atoms with Crippen LogP contribution in [0.2, 0.25) is 0 Å². The van der Waals surface area contributed by atoms with Gasteiger partial charge in [-0.25, -0.2) is 9.59 Å². The Labute approximate surface area is 211 Å². The molecule has 2 saturated heterocycles. The van der Waals surface area contributed by atoms with Gasteiger partial charge in [-0.3, -0.25) is 14.4 Å². The number of hydrogen-bond donors (Lipinski definition) is 1. The van der Waals surface area contributed by atoms with Gasteiger partial charge in [0.25, 0.3) is 0 Å². The van der Waals surface area contributed by atoms with Gasteiger partial charge < -0.3 is 33.7 Å². The van der Waals surface area contributed by atoms with E-state index in [1.54, 1.807) is 30.3 Å². The van der Waals surface area contributed by atoms with Crippen LogP contribution in [0.15, 0.2) is 35.2 Å². The Bertz CT molecular complexity index is 1000. The van der Waals surface area contributed by atoms with Crippen molar-refractivity contribution in [1.82, 2.24) is 5.32 Å². The van der Waals surface area contributed by atoms with Crippen LogP contribution in [0.3, 0.4) is 0 Å². The van der Waals surface area contributed by atoms with Crippen molar-refractivity contribution in [2.24, 2.45) is 0 Å². The first kappa shape index (κ1) is 27.3. The molecule has 2 aliphatic heterocycles. The molecule has 1 amide bonds. The number of fused-ring (bicyclic) bond motifs is 1. The van der Waals surface area contributed by atoms with Crippen LogP contribution in [0.1, 0.15) is 27.2 Å². The fourth-order valence-corrected chi connectivity index (χ4v) is 5.30. The lowest BCUT2D eigenvalue weighted by atomic mass is 9.88. The maximum atomic E-state index is 13.1. The standard InChI is InChI=1S/C23H27NO11S/c1-12(25)31-11-17(33-14(3)27)19-20-18(24-22(29)34-19)16(32-13(2)26)10-23(35-20,21(28)30-4)36-15-8-6-5-7-9-15/h5-9,16-20H,10-11H2,1-4H3,(H,24,29)/t16-,17+,18+,19+,20+,23-/m0/s1. The molecular weight excluding hydrogens is 498 g/mol. The number of benzene rings is 1. The average Bonchev–Trinajstić information content (AvgIpc) is 2.81. The highest BCUT2D eigenvalue weighted by atomic mass is 32.2. The number of carbonyl (C=O) groups is 5. The van der Waals surface area contributed by atoms with E-state index in [4.69, 9.17) is 28.4 Å². The molecule has 0 bridgehead atoms. The highest BCUT2D eigenvalue weighted by Crippen LogP contribution is 2.46. The summed E-state index contributed by atoms with van der Waals surface area (Å²) >= 11 is 1.03. The molecule has 1 N–H and O–H groups in total. The van der Waals surface area contributed by atoms with Crippen molar-refractivity contribution in [2.45, 2.75) is 67.5 Å². The van der Waals surface area contributed by atoms with E-state index in [1.165, 1.54) is 14.0 Å². The van der Waals surface area contributed by atoms with Gasteiger partial charge >= 0.3 is 30.0 Å². The monoisotopic (exact) mass is 525 g/mol. The summed E-state index contributed by atoms with van der Waals surface area (Å²) in [6.45, 7) is 3.04. The fourth-order valence-electron chi connectivity index (χ4n) is 4.05. The Hall–Kier alpha value is -3.32. The number of alkyl carbamates (subject to hydrolysis) is 1. The molecule has 36 heavy (non-hydrogen) atoms. The first-order chi connectivity index (χ1) is 17.0. The van der Waals surface area contributed by atoms with Crippen LogP contribution in [0.5, 0.6) is 0 Å². The van der Waals surface area contributed by atoms with Gasteiger partial charge in [0.05, 0.1) is 13.2 Å². The number of nitrogens with one attached hydrogen (secondary N) is 1. The van der Waals surface area contributed by atoms with Gasteiger partial charge in [0, 0.05) is 32.1 Å². The topological polar surface area (TPSA) is 153 Å². The van der Waals surface area contributed by atoms with Gasteiger partial charge in [-0.15, -0.1) is 0 Å². The molecule has 196 valence electrons. The Morgan fingerprint density at radius 1 is 1.11 bits per heavy atom. The van der Waals surface area contributed by atoms with Crippen molar-refractivity contribution in [1.29, 1.82) is 0 Å². The first-order valence-electron chi connectivity index (χ1n) is 11.0. The highest BCUT2D eigenvalue weighted by Gasteiger charge is 2.60. The van der Waals surface area contributed by atoms with Gasteiger partial charge in [0.1, 0.15) is 18.8 Å². The smallest absolute Gasteiger partial charge is 0.408 e. The van der Waals surface area contributed by atoms with Crippen LogP contribution in [0.4, 0.5) is 4.79 Å². The molecule has 3 rings (SSSR count). The number of carbonyl (C=O) groups excluding carboxylic acids is 5. The minimum atomic E-state index is -1.73. The summed E-state index contributed by atoms with van der Waals surface area (Å²) < 4.78 is 32.6. The van der Waals surface area contributed by atoms with Gasteiger partial charge in [-0.1, -0.05) is 30.0 Å². The Morgan fingerprint density at radius 3 is 2.39 bits per heavy atom. The maximum Gasteiger partial charge on any atom is 0.408 e. The average molecular weight is 526 g/mol. The first-order valence-corrected chi connectivity index (χ1v) is 11.8. The number of amides is 1. The third-order valence-electron chi connectivity index (χ3n) is 5.38. The Kier molecular flexibility index (Phi) is 8.79. The van der Waals surface area contributed by atoms with Crippen LogP contribution < -0.4 is 5.32 Å². The minimum absolute atomic E-state index is 0.171. The van der Waals surface area contributed by atoms with Crippen molar-refractivity contribution >= 4 is 41.7 Å². The summed E-state index contributed by atoms with van der Waals surface area (Å²) in [5, 5.41) is 2.56. The highest BCUT2D eigenvalue weighted by molar-refractivity contribution is 8.01. The number of thioether (sulfide) groups is 1. The Balaban J connectivity index is 2.06. The van der Waals surface area contributed by atoms with E-state index in [0.29, 0.717) is 4.90 Å². The minimum Gasteiger partial charge on any atom is -0.466 e. The quantitative estimate of drug-likeness (QED) is 0.385. The largest absolute Gasteiger partial charge is 0.466 e. The molecule has 0 saturated carbocycles. The zero-order chi connectivity index (χ0) is 26.5. The molecular formula is C23H27NO11S. The van der Waals surface area contributed by atoms with Crippen molar-refractivity contribution < 1.29 is 52.4 Å². The molecule has 0 aliphatic carbocycles. The van der Waals surface area contributed by atoms with Gasteiger partial charge in [0.2, 0.25) is 4.93 Å². The third-order valence-corrected chi connectivity index (χ3v) is 6.64. The molecule has 2 heterocycles. The zero-order valence-corrected chi connectivity index (χ0v) is 20.9. The van der Waals surface area contributed by atoms with E-state index < -0.39 is 72.0 Å². The zero-order valence-electron chi connectivity index (χ0n) is 20.1. The second-order valence-corrected chi connectivity index (χ2v) is 9.42. The summed E-state index contributed by atoms with van der Waals surface area (Å²) in [4.78, 5) is 59.7. The molecule has 2 aliphatic rings. The van der Waals surface area contributed by atoms with E-state index in [9.17, 15) is 24.0 Å². The maximum absolute atomic E-state index is 13.1. The van der Waals surface area contributed by atoms with E-state index in [0.717, 1.165) is 25.6 Å². The fraction of sp³-hybridized carbons (Fsp3) is 0.522. The van der Waals surface area contributed by atoms with Gasteiger partial charge in [0.15, 0.2) is 12.2 Å². The van der Waals surface area contributed by atoms with E-state index >= 15 is 0 Å². The summed E-state index contributed by atoms with van der Waals surface area (Å²) in [6, 6.07) is 7.86. The number of esters is 4. The molecule has 0 spiro atoms. The molecule has 6 atom stereocenters. The molecule has 0 unspecified atom stereocenters. The van der Waals surface area contributed by atoms with Gasteiger partial charge in [-0.2, -0.15) is 0 Å². The molecule has 0 radical (unpaired) electrons. The van der Waals surface area contributed by atoms with Crippen LogP contribution >= 0.6 is 11.8 Å². The third kappa shape index (κ3) is 6.46. The predicted molar refractivity (Wildman–Crippen MR) is 121 cm³/mol. The number of rotatable bonds is 8. The predicted octanol–water partition coefficient (Wildman–Crippen LogP) is 1.34. The van der Waals surface area contributed by atoms with Crippen LogP contribution in [-0.4, -0.2) is 79.1 Å². The SMILES string of the molecule is COC(=O)[C@@]1(Sc2ccccc2)C[C@H](OC(C)=O)[C@H]2NC(=O)O[C@H]([C@@H](COC(C)=O)OC(C)=O)[C@@H]2O1. The van der Waals surface area contributed by atoms with Crippen LogP contribution in [0.25, 0.3) is 0 Å². The summed E-state index contributed by atoms with van der Waals surface area (Å²) in [5.74, 6) is -2.82. The lowest BCUT2D eigenvalue weighted by Crippen LogP contribution is -2.71. The van der Waals surface area contributed by atoms with Gasteiger partial charge in [-0.05, 0) is 12.1 Å². The number of methoxy groups -OCH3 is 1. The summed E-state index contributed by atoms with van der Waals surface area (Å²) in [5.41, 5.74) is 0. The van der Waals surface area contributed by atoms with Crippen LogP contribution in [0, 0.1) is 0 Å². The lowest BCUT2D eigenvalue weighted by molar-refractivity contribution is -0.224. The van der Waals surface area contributed by atoms with E-state index in [1.807, 2.05) is 0 Å². The molecule has 1 aromatic rings. The van der Waals surface area contributed by atoms with Crippen LogP contribution in [-0.2, 0) is 47.6 Å². The Morgan fingerprint density at radius 2 is 1.81 bits per heavy atom. The molecule has 1 aromatic carbocycles. The molecule has 2 fully saturated rings. The van der Waals surface area contributed by atoms with Crippen molar-refractivity contribution in [3.63, 3.8) is 0 Å². The number of hydrogen-bond acceptors (Lipinski definition) is 12. The molecule has 12 nitrogen and oxygen atoms in total. The summed E-state index contributed by atoms with van der Waals surface area (Å²) in [7, 11) is 1.19. The molecule has 0 aromatic heterocycles. The normalized spacial score (nSPS) is 27.8. The number of cyclic esters (lactones) is 1. The van der Waals surface area contributed by atoms with Crippen molar-refractivity contribution in [2.75, 3.05) is 13.7 Å². The second kappa shape index (κ2) is 11.6. The lowest BCUT2D eigenvalue weighted by Gasteiger charge is -2.50. The summed E-state index contributed by atoms with van der Waals surface area (Å²) in [6.07, 6.45) is -5.91. The van der Waals surface area contributed by atoms with Crippen molar-refractivity contribution in [3.8, 4) is 0 Å². The number of ether oxygens (including phenoxy) is 6. The van der Waals surface area contributed by atoms with Crippen molar-refractivity contribution in [3.05, 3.63) is 30.3 Å². The van der Waals surface area contributed by atoms with E-state index in [-0.39, 0.29) is 6.42 Å². The molecule has 13 heteroatoms. The van der Waals surface area contributed by atoms with E-state index in [2.05, 4.69) is 5.32 Å². The second-order valence-electron chi connectivity index (χ2n) is 8.08.